The minimum Gasteiger partial charge on any atom is -0.481 e. The van der Waals surface area contributed by atoms with E-state index in [1.807, 2.05) is 6.92 Å². The molecule has 0 fully saturated rings. The maximum atomic E-state index is 11.3. The number of carboxylic acids is 1. The summed E-state index contributed by atoms with van der Waals surface area (Å²) in [6.45, 7) is 4.10. The Balaban J connectivity index is 3.66. The normalized spacial score (nSPS) is 14.3. The van der Waals surface area contributed by atoms with Crippen molar-refractivity contribution < 1.29 is 14.7 Å². The van der Waals surface area contributed by atoms with Gasteiger partial charge in [0.1, 0.15) is 0 Å². The number of carboxylic acid groups (broad SMARTS) is 1. The van der Waals surface area contributed by atoms with Gasteiger partial charge in [-0.1, -0.05) is 13.8 Å². The van der Waals surface area contributed by atoms with Gasteiger partial charge in [0.05, 0.1) is 0 Å². The molecule has 0 bridgehead atoms. The van der Waals surface area contributed by atoms with Crippen molar-refractivity contribution in [1.29, 1.82) is 0 Å². The highest BCUT2D eigenvalue weighted by Gasteiger charge is 2.11. The second-order valence-corrected chi connectivity index (χ2v) is 3.88. The maximum absolute atomic E-state index is 11.3. The van der Waals surface area contributed by atoms with E-state index in [0.717, 1.165) is 6.42 Å². The van der Waals surface area contributed by atoms with Crippen molar-refractivity contribution in [2.24, 2.45) is 11.7 Å². The summed E-state index contributed by atoms with van der Waals surface area (Å²) in [4.78, 5) is 21.6. The Morgan fingerprint density at radius 3 is 2.47 bits per heavy atom. The van der Waals surface area contributed by atoms with E-state index in [2.05, 4.69) is 5.32 Å². The molecule has 15 heavy (non-hydrogen) atoms. The van der Waals surface area contributed by atoms with Crippen LogP contribution in [0, 0.1) is 5.92 Å². The van der Waals surface area contributed by atoms with Crippen molar-refractivity contribution >= 4 is 11.9 Å². The van der Waals surface area contributed by atoms with Gasteiger partial charge in [-0.15, -0.1) is 0 Å². The van der Waals surface area contributed by atoms with Crippen LogP contribution < -0.4 is 11.1 Å². The Hall–Kier alpha value is -1.10. The van der Waals surface area contributed by atoms with Gasteiger partial charge < -0.3 is 16.2 Å². The van der Waals surface area contributed by atoms with Crippen molar-refractivity contribution in [3.63, 3.8) is 0 Å². The number of aliphatic carboxylic acids is 1. The van der Waals surface area contributed by atoms with E-state index in [4.69, 9.17) is 10.8 Å². The molecule has 0 aromatic rings. The number of carbonyl (C=O) groups is 2. The molecular weight excluding hydrogens is 196 g/mol. The maximum Gasteiger partial charge on any atom is 0.303 e. The lowest BCUT2D eigenvalue weighted by Gasteiger charge is -2.12. The average molecular weight is 216 g/mol. The first-order valence-electron chi connectivity index (χ1n) is 5.19. The summed E-state index contributed by atoms with van der Waals surface area (Å²) in [7, 11) is 0. The Bertz CT molecular complexity index is 219. The van der Waals surface area contributed by atoms with Crippen LogP contribution in [-0.2, 0) is 9.59 Å². The fourth-order valence-electron chi connectivity index (χ4n) is 1.11. The predicted molar refractivity (Wildman–Crippen MR) is 57.3 cm³/mol. The number of amides is 1. The monoisotopic (exact) mass is 216 g/mol. The third-order valence-corrected chi connectivity index (χ3v) is 2.14. The second kappa shape index (κ2) is 7.23. The van der Waals surface area contributed by atoms with E-state index in [9.17, 15) is 9.59 Å². The zero-order valence-electron chi connectivity index (χ0n) is 9.32. The van der Waals surface area contributed by atoms with Gasteiger partial charge in [0.25, 0.3) is 0 Å². The highest BCUT2D eigenvalue weighted by atomic mass is 16.4. The zero-order chi connectivity index (χ0) is 11.8. The molecule has 4 N–H and O–H groups in total. The number of rotatable bonds is 7. The largest absolute Gasteiger partial charge is 0.481 e. The van der Waals surface area contributed by atoms with Crippen molar-refractivity contribution in [3.8, 4) is 0 Å². The van der Waals surface area contributed by atoms with Gasteiger partial charge in [-0.25, -0.2) is 0 Å². The summed E-state index contributed by atoms with van der Waals surface area (Å²) in [5.41, 5.74) is 5.61. The van der Waals surface area contributed by atoms with Crippen LogP contribution in [-0.4, -0.2) is 29.6 Å². The first-order valence-corrected chi connectivity index (χ1v) is 5.19. The molecule has 0 aromatic carbocycles. The van der Waals surface area contributed by atoms with Crippen LogP contribution in [0.3, 0.4) is 0 Å². The smallest absolute Gasteiger partial charge is 0.303 e. The van der Waals surface area contributed by atoms with Gasteiger partial charge in [0.2, 0.25) is 5.91 Å². The topological polar surface area (TPSA) is 92.4 Å². The van der Waals surface area contributed by atoms with Crippen molar-refractivity contribution in [3.05, 3.63) is 0 Å². The molecule has 5 nitrogen and oxygen atoms in total. The third-order valence-electron chi connectivity index (χ3n) is 2.14. The molecule has 1 amide bonds. The Morgan fingerprint density at radius 2 is 2.00 bits per heavy atom. The molecule has 0 heterocycles. The van der Waals surface area contributed by atoms with Crippen LogP contribution in [0.15, 0.2) is 0 Å². The Kier molecular flexibility index (Phi) is 6.70. The highest BCUT2D eigenvalue weighted by molar-refractivity contribution is 5.76. The van der Waals surface area contributed by atoms with Crippen molar-refractivity contribution in [2.75, 3.05) is 6.54 Å². The Morgan fingerprint density at radius 1 is 1.40 bits per heavy atom. The molecule has 0 rings (SSSR count). The van der Waals surface area contributed by atoms with Crippen LogP contribution in [0.5, 0.6) is 0 Å². The number of nitrogens with two attached hydrogens (primary N) is 1. The van der Waals surface area contributed by atoms with Gasteiger partial charge in [0.15, 0.2) is 0 Å². The molecule has 0 radical (unpaired) electrons. The summed E-state index contributed by atoms with van der Waals surface area (Å²) in [5, 5.41) is 11.2. The molecule has 0 aliphatic heterocycles. The van der Waals surface area contributed by atoms with Gasteiger partial charge in [-0.05, 0) is 12.3 Å². The number of nitrogens with one attached hydrogen (secondary N) is 1. The van der Waals surface area contributed by atoms with E-state index in [-0.39, 0.29) is 24.3 Å². The molecule has 0 aromatic heterocycles. The summed E-state index contributed by atoms with van der Waals surface area (Å²) in [6.07, 6.45) is 1.13. The van der Waals surface area contributed by atoms with Crippen molar-refractivity contribution in [1.82, 2.24) is 5.32 Å². The standard InChI is InChI=1S/C10H20N2O3/c1-3-8(11)5-9(13)12-6-7(2)4-10(14)15/h7-8H,3-6,11H2,1-2H3,(H,12,13)(H,14,15). The van der Waals surface area contributed by atoms with Gasteiger partial charge >= 0.3 is 5.97 Å². The molecule has 2 unspecified atom stereocenters. The molecule has 0 spiro atoms. The highest BCUT2D eigenvalue weighted by Crippen LogP contribution is 2.00. The van der Waals surface area contributed by atoms with Crippen LogP contribution in [0.4, 0.5) is 0 Å². The fraction of sp³-hybridized carbons (Fsp3) is 0.800. The van der Waals surface area contributed by atoms with Crippen LogP contribution >= 0.6 is 0 Å². The number of hydrogen-bond donors (Lipinski definition) is 3. The van der Waals surface area contributed by atoms with E-state index in [1.165, 1.54) is 0 Å². The summed E-state index contributed by atoms with van der Waals surface area (Å²) < 4.78 is 0. The SMILES string of the molecule is CCC(N)CC(=O)NCC(C)CC(=O)O. The van der Waals surface area contributed by atoms with E-state index in [0.29, 0.717) is 13.0 Å². The molecule has 5 heteroatoms. The minimum atomic E-state index is -0.845. The summed E-state index contributed by atoms with van der Waals surface area (Å²) >= 11 is 0. The van der Waals surface area contributed by atoms with Crippen molar-refractivity contribution in [2.45, 2.75) is 39.2 Å². The van der Waals surface area contributed by atoms with Crippen LogP contribution in [0.1, 0.15) is 33.1 Å². The first kappa shape index (κ1) is 13.9. The quantitative estimate of drug-likeness (QED) is 0.572. The lowest BCUT2D eigenvalue weighted by atomic mass is 10.1. The number of hydrogen-bond acceptors (Lipinski definition) is 3. The summed E-state index contributed by atoms with van der Waals surface area (Å²) in [6, 6.07) is -0.111. The number of carbonyl (C=O) groups excluding carboxylic acids is 1. The molecular formula is C10H20N2O3. The lowest BCUT2D eigenvalue weighted by molar-refractivity contribution is -0.138. The average Bonchev–Trinajstić information content (AvgIpc) is 2.13. The predicted octanol–water partition coefficient (Wildman–Crippen LogP) is 0.341. The minimum absolute atomic E-state index is 0.0516. The first-order chi connectivity index (χ1) is 6.95. The second-order valence-electron chi connectivity index (χ2n) is 3.88. The van der Waals surface area contributed by atoms with Gasteiger partial charge in [0, 0.05) is 25.4 Å². The van der Waals surface area contributed by atoms with E-state index >= 15 is 0 Å². The molecule has 0 aliphatic carbocycles. The zero-order valence-corrected chi connectivity index (χ0v) is 9.32. The van der Waals surface area contributed by atoms with Gasteiger partial charge in [-0.3, -0.25) is 9.59 Å². The van der Waals surface area contributed by atoms with Gasteiger partial charge in [-0.2, -0.15) is 0 Å². The van der Waals surface area contributed by atoms with E-state index < -0.39 is 5.97 Å². The molecule has 88 valence electrons. The van der Waals surface area contributed by atoms with Crippen LogP contribution in [0.25, 0.3) is 0 Å². The molecule has 2 atom stereocenters. The Labute approximate surface area is 90.0 Å². The van der Waals surface area contributed by atoms with E-state index in [1.54, 1.807) is 6.92 Å². The molecule has 0 saturated heterocycles. The summed E-state index contributed by atoms with van der Waals surface area (Å²) in [5.74, 6) is -1.01. The molecule has 0 saturated carbocycles. The lowest BCUT2D eigenvalue weighted by Crippen LogP contribution is -2.34. The van der Waals surface area contributed by atoms with Crippen LogP contribution in [0.2, 0.25) is 0 Å². The molecule has 0 aliphatic rings. The fourth-order valence-corrected chi connectivity index (χ4v) is 1.11. The third kappa shape index (κ3) is 7.93.